The minimum atomic E-state index is -0.490. The molecule has 3 amide bonds. The molecular formula is C26H35N7O4. The van der Waals surface area contributed by atoms with Gasteiger partial charge >= 0.3 is 17.8 Å². The minimum Gasteiger partial charge on any atom is -0.444 e. The fraction of sp³-hybridized carbons (Fsp3) is 0.538. The molecule has 1 aliphatic carbocycles. The van der Waals surface area contributed by atoms with E-state index >= 15 is 0 Å². The summed E-state index contributed by atoms with van der Waals surface area (Å²) in [5.74, 6) is 1.19. The van der Waals surface area contributed by atoms with Crippen LogP contribution in [-0.4, -0.2) is 82.4 Å². The number of fused-ring (bicyclic) bond motifs is 1. The van der Waals surface area contributed by atoms with Crippen LogP contribution in [0.4, 0.5) is 15.4 Å². The second-order valence-corrected chi connectivity index (χ2v) is 11.0. The number of anilines is 1. The first kappa shape index (κ1) is 25.2. The lowest BCUT2D eigenvalue weighted by Crippen LogP contribution is -2.48. The molecule has 3 aliphatic rings. The van der Waals surface area contributed by atoms with Crippen LogP contribution < -0.4 is 21.6 Å². The third-order valence-corrected chi connectivity index (χ3v) is 7.02. The zero-order valence-electron chi connectivity index (χ0n) is 21.6. The Morgan fingerprint density at radius 1 is 1.08 bits per heavy atom. The lowest BCUT2D eigenvalue weighted by Gasteiger charge is -2.27. The first-order valence-electron chi connectivity index (χ1n) is 12.8. The van der Waals surface area contributed by atoms with E-state index in [9.17, 15) is 14.4 Å². The van der Waals surface area contributed by atoms with Crippen LogP contribution in [0.15, 0.2) is 41.3 Å². The summed E-state index contributed by atoms with van der Waals surface area (Å²) < 4.78 is 6.83. The topological polar surface area (TPSA) is 121 Å². The molecule has 11 heteroatoms. The average Bonchev–Trinajstić information content (AvgIpc) is 3.27. The molecule has 3 atom stereocenters. The van der Waals surface area contributed by atoms with E-state index in [1.807, 2.05) is 45.0 Å². The summed E-state index contributed by atoms with van der Waals surface area (Å²) in [4.78, 5) is 45.1. The van der Waals surface area contributed by atoms with Crippen molar-refractivity contribution in [3.63, 3.8) is 0 Å². The van der Waals surface area contributed by atoms with E-state index in [1.54, 1.807) is 17.2 Å². The van der Waals surface area contributed by atoms with Gasteiger partial charge in [-0.2, -0.15) is 4.98 Å². The summed E-state index contributed by atoms with van der Waals surface area (Å²) in [5, 5.41) is 8.91. The predicted molar refractivity (Wildman–Crippen MR) is 139 cm³/mol. The van der Waals surface area contributed by atoms with Gasteiger partial charge in [-0.15, -0.1) is 0 Å². The van der Waals surface area contributed by atoms with Gasteiger partial charge in [-0.25, -0.2) is 14.4 Å². The fourth-order valence-electron chi connectivity index (χ4n) is 5.15. The summed E-state index contributed by atoms with van der Waals surface area (Å²) in [6.45, 7) is 11.0. The van der Waals surface area contributed by atoms with Gasteiger partial charge in [0.2, 0.25) is 0 Å². The lowest BCUT2D eigenvalue weighted by atomic mass is 10.2. The van der Waals surface area contributed by atoms with Crippen LogP contribution in [0, 0.1) is 11.8 Å². The molecule has 0 unspecified atom stereocenters. The van der Waals surface area contributed by atoms with Gasteiger partial charge in [0.15, 0.2) is 0 Å². The van der Waals surface area contributed by atoms with E-state index in [4.69, 9.17) is 4.74 Å². The highest BCUT2D eigenvalue weighted by Crippen LogP contribution is 2.46. The molecule has 5 rings (SSSR count). The van der Waals surface area contributed by atoms with Gasteiger partial charge in [0.05, 0.1) is 5.69 Å². The molecule has 3 N–H and O–H groups in total. The maximum Gasteiger partial charge on any atom is 0.407 e. The van der Waals surface area contributed by atoms with Crippen LogP contribution in [0.1, 0.15) is 26.3 Å². The zero-order chi connectivity index (χ0) is 26.2. The van der Waals surface area contributed by atoms with Crippen molar-refractivity contribution in [2.45, 2.75) is 39.0 Å². The smallest absolute Gasteiger partial charge is 0.407 e. The largest absolute Gasteiger partial charge is 0.444 e. The number of piperidine rings is 1. The normalized spacial score (nSPS) is 23.3. The highest BCUT2D eigenvalue weighted by molar-refractivity contribution is 5.88. The number of aromatic nitrogens is 2. The molecule has 2 aliphatic heterocycles. The van der Waals surface area contributed by atoms with Crippen LogP contribution >= 0.6 is 0 Å². The second kappa shape index (κ2) is 10.1. The molecule has 2 aromatic rings. The summed E-state index contributed by atoms with van der Waals surface area (Å²) in [6.07, 6.45) is 1.29. The molecule has 1 saturated carbocycles. The predicted octanol–water partition coefficient (Wildman–Crippen LogP) is 1.62. The molecule has 11 nitrogen and oxygen atoms in total. The minimum absolute atomic E-state index is 0.206. The van der Waals surface area contributed by atoms with Crippen LogP contribution in [0.2, 0.25) is 0 Å². The monoisotopic (exact) mass is 509 g/mol. The van der Waals surface area contributed by atoms with Gasteiger partial charge in [-0.1, -0.05) is 12.1 Å². The first-order valence-corrected chi connectivity index (χ1v) is 12.8. The Hall–Kier alpha value is -3.44. The number of alkyl carbamates (subject to hydrolysis) is 1. The van der Waals surface area contributed by atoms with Crippen molar-refractivity contribution in [2.24, 2.45) is 11.8 Å². The second-order valence-electron chi connectivity index (χ2n) is 11.0. The molecule has 0 radical (unpaired) electrons. The van der Waals surface area contributed by atoms with Crippen LogP contribution in [0.3, 0.4) is 0 Å². The number of benzene rings is 1. The van der Waals surface area contributed by atoms with E-state index in [-0.39, 0.29) is 24.0 Å². The highest BCUT2D eigenvalue weighted by atomic mass is 16.6. The molecule has 1 aromatic carbocycles. The fourth-order valence-corrected chi connectivity index (χ4v) is 5.15. The summed E-state index contributed by atoms with van der Waals surface area (Å²) >= 11 is 0. The number of hydrogen-bond acceptors (Lipinski definition) is 7. The van der Waals surface area contributed by atoms with E-state index in [2.05, 4.69) is 25.8 Å². The summed E-state index contributed by atoms with van der Waals surface area (Å²) in [7, 11) is 0. The molecule has 198 valence electrons. The van der Waals surface area contributed by atoms with E-state index < -0.39 is 11.3 Å². The standard InChI is InChI=1S/C26H35N7O4/c1-26(2,3)37-25(36)30-22-19-15-31(16-20(19)22)14-17-4-6-18(7-5-17)33-11-8-21(29-24(33)35)28-23(34)32-12-9-27-10-13-32/h4-8,11,19-20,22,27H,9-10,12-16H2,1-3H3,(H,30,36)(H,28,29,34,35)/t19-,20+,22+. The van der Waals surface area contributed by atoms with Gasteiger partial charge in [0, 0.05) is 58.1 Å². The zero-order valence-corrected chi connectivity index (χ0v) is 21.6. The van der Waals surface area contributed by atoms with Crippen molar-refractivity contribution in [1.82, 2.24) is 30.0 Å². The van der Waals surface area contributed by atoms with Crippen molar-refractivity contribution >= 4 is 17.9 Å². The summed E-state index contributed by atoms with van der Waals surface area (Å²) in [5.41, 5.74) is 0.930. The van der Waals surface area contributed by atoms with Crippen molar-refractivity contribution in [3.8, 4) is 5.69 Å². The van der Waals surface area contributed by atoms with Gasteiger partial charge in [0.25, 0.3) is 0 Å². The summed E-state index contributed by atoms with van der Waals surface area (Å²) in [6, 6.07) is 9.43. The van der Waals surface area contributed by atoms with Crippen LogP contribution in [0.5, 0.6) is 0 Å². The number of carbonyl (C=O) groups is 2. The van der Waals surface area contributed by atoms with Crippen LogP contribution in [-0.2, 0) is 11.3 Å². The highest BCUT2D eigenvalue weighted by Gasteiger charge is 2.56. The molecule has 3 heterocycles. The number of rotatable bonds is 5. The molecular weight excluding hydrogens is 474 g/mol. The van der Waals surface area contributed by atoms with Gasteiger partial charge in [-0.3, -0.25) is 14.8 Å². The van der Waals surface area contributed by atoms with Crippen molar-refractivity contribution in [1.29, 1.82) is 0 Å². The average molecular weight is 510 g/mol. The molecule has 3 fully saturated rings. The number of hydrogen-bond donors (Lipinski definition) is 3. The van der Waals surface area contributed by atoms with Crippen molar-refractivity contribution < 1.29 is 14.3 Å². The third-order valence-electron chi connectivity index (χ3n) is 7.02. The number of ether oxygens (including phenoxy) is 1. The Morgan fingerprint density at radius 2 is 1.76 bits per heavy atom. The number of amides is 3. The molecule has 1 aromatic heterocycles. The Balaban J connectivity index is 1.12. The first-order chi connectivity index (χ1) is 17.7. The number of piperazine rings is 1. The Kier molecular flexibility index (Phi) is 6.91. The molecule has 2 saturated heterocycles. The van der Waals surface area contributed by atoms with Gasteiger partial charge < -0.3 is 20.3 Å². The number of likely N-dealkylation sites (tertiary alicyclic amines) is 1. The van der Waals surface area contributed by atoms with Crippen molar-refractivity contribution in [3.05, 3.63) is 52.6 Å². The Morgan fingerprint density at radius 3 is 2.38 bits per heavy atom. The number of carbonyl (C=O) groups excluding carboxylic acids is 2. The quantitative estimate of drug-likeness (QED) is 0.560. The molecule has 0 spiro atoms. The Bertz CT molecular complexity index is 1190. The third kappa shape index (κ3) is 6.11. The number of urea groups is 1. The maximum absolute atomic E-state index is 12.6. The lowest BCUT2D eigenvalue weighted by molar-refractivity contribution is 0.0513. The van der Waals surface area contributed by atoms with E-state index in [0.717, 1.165) is 38.3 Å². The maximum atomic E-state index is 12.6. The van der Waals surface area contributed by atoms with E-state index in [0.29, 0.717) is 30.6 Å². The van der Waals surface area contributed by atoms with Gasteiger partial charge in [0.1, 0.15) is 11.4 Å². The van der Waals surface area contributed by atoms with Gasteiger partial charge in [-0.05, 0) is 56.4 Å². The number of nitrogens with zero attached hydrogens (tertiary/aromatic N) is 4. The molecule has 0 bridgehead atoms. The van der Waals surface area contributed by atoms with Crippen molar-refractivity contribution in [2.75, 3.05) is 44.6 Å². The van der Waals surface area contributed by atoms with E-state index in [1.165, 1.54) is 4.57 Å². The van der Waals surface area contributed by atoms with Crippen LogP contribution in [0.25, 0.3) is 5.69 Å². The number of nitrogens with one attached hydrogen (secondary N) is 3. The SMILES string of the molecule is CC(C)(C)OC(=O)N[C@H]1[C@@H]2CN(Cc3ccc(-n4ccc(NC(=O)N5CCNCC5)nc4=O)cc3)C[C@@H]21. The Labute approximate surface area is 216 Å². The molecule has 37 heavy (non-hydrogen) atoms.